The molecule has 0 bridgehead atoms. The molecule has 1 aliphatic rings. The summed E-state index contributed by atoms with van der Waals surface area (Å²) in [6.07, 6.45) is 4.50. The Labute approximate surface area is 143 Å². The number of aliphatic hydroxyl groups is 2. The van der Waals surface area contributed by atoms with Gasteiger partial charge in [-0.25, -0.2) is 0 Å². The molecule has 0 aromatic rings. The van der Waals surface area contributed by atoms with Crippen LogP contribution >= 0.6 is 0 Å². The van der Waals surface area contributed by atoms with E-state index in [9.17, 15) is 19.8 Å². The Morgan fingerprint density at radius 1 is 1.38 bits per heavy atom. The van der Waals surface area contributed by atoms with E-state index in [0.29, 0.717) is 12.0 Å². The molecule has 0 amide bonds. The summed E-state index contributed by atoms with van der Waals surface area (Å²) in [5.74, 6) is -1.62. The normalized spacial score (nSPS) is 20.6. The highest BCUT2D eigenvalue weighted by atomic mass is 16.5. The lowest BCUT2D eigenvalue weighted by molar-refractivity contribution is -0.157. The zero-order valence-corrected chi connectivity index (χ0v) is 15.1. The van der Waals surface area contributed by atoms with Gasteiger partial charge in [0.2, 0.25) is 0 Å². The molecule has 5 heteroatoms. The summed E-state index contributed by atoms with van der Waals surface area (Å²) in [7, 11) is 0. The number of allylic oxidation sites excluding steroid dienone is 2. The van der Waals surface area contributed by atoms with Crippen LogP contribution in [0, 0.1) is 5.92 Å². The highest BCUT2D eigenvalue weighted by Crippen LogP contribution is 2.30. The Morgan fingerprint density at radius 2 is 1.96 bits per heavy atom. The Bertz CT molecular complexity index is 570. The molecule has 1 aliphatic carbocycles. The predicted molar refractivity (Wildman–Crippen MR) is 92.2 cm³/mol. The second-order valence-electron chi connectivity index (χ2n) is 7.35. The van der Waals surface area contributed by atoms with Crippen LogP contribution < -0.4 is 0 Å². The Balaban J connectivity index is 2.96. The molecule has 0 heterocycles. The number of Topliss-reactive ketones (excluding diaryl/α,β-unsaturated/α-hetero) is 1. The quantitative estimate of drug-likeness (QED) is 0.551. The molecule has 0 saturated carbocycles. The number of ketones is 1. The van der Waals surface area contributed by atoms with Crippen molar-refractivity contribution in [2.75, 3.05) is 0 Å². The van der Waals surface area contributed by atoms with E-state index in [4.69, 9.17) is 4.74 Å². The van der Waals surface area contributed by atoms with Crippen LogP contribution in [-0.2, 0) is 14.3 Å². The van der Waals surface area contributed by atoms with Crippen molar-refractivity contribution in [1.29, 1.82) is 0 Å². The van der Waals surface area contributed by atoms with Gasteiger partial charge in [0, 0.05) is 5.57 Å². The summed E-state index contributed by atoms with van der Waals surface area (Å²) in [6, 6.07) is 0. The maximum Gasteiger partial charge on any atom is 0.316 e. The first-order chi connectivity index (χ1) is 10.9. The van der Waals surface area contributed by atoms with Gasteiger partial charge in [-0.1, -0.05) is 18.2 Å². The lowest BCUT2D eigenvalue weighted by atomic mass is 9.89. The molecular weight excluding hydrogens is 308 g/mol. The fraction of sp³-hybridized carbons (Fsp3) is 0.579. The summed E-state index contributed by atoms with van der Waals surface area (Å²) >= 11 is 0. The molecule has 0 unspecified atom stereocenters. The van der Waals surface area contributed by atoms with Gasteiger partial charge < -0.3 is 14.9 Å². The smallest absolute Gasteiger partial charge is 0.316 e. The average Bonchev–Trinajstić information content (AvgIpc) is 2.64. The van der Waals surface area contributed by atoms with Crippen molar-refractivity contribution in [2.24, 2.45) is 5.92 Å². The lowest BCUT2D eigenvalue weighted by Crippen LogP contribution is -2.38. The summed E-state index contributed by atoms with van der Waals surface area (Å²) in [5, 5.41) is 20.0. The number of rotatable bonds is 7. The van der Waals surface area contributed by atoms with Crippen molar-refractivity contribution in [3.05, 3.63) is 36.0 Å². The molecule has 2 atom stereocenters. The first-order valence-electron chi connectivity index (χ1n) is 8.05. The Hall–Kier alpha value is -1.72. The monoisotopic (exact) mass is 336 g/mol. The third-order valence-electron chi connectivity index (χ3n) is 3.98. The van der Waals surface area contributed by atoms with Gasteiger partial charge in [-0.05, 0) is 46.6 Å². The van der Waals surface area contributed by atoms with Gasteiger partial charge in [-0.15, -0.1) is 6.58 Å². The molecule has 24 heavy (non-hydrogen) atoms. The maximum absolute atomic E-state index is 12.5. The van der Waals surface area contributed by atoms with Crippen LogP contribution in [0.4, 0.5) is 0 Å². The molecule has 5 nitrogen and oxygen atoms in total. The average molecular weight is 336 g/mol. The Morgan fingerprint density at radius 3 is 2.42 bits per heavy atom. The molecule has 134 valence electrons. The van der Waals surface area contributed by atoms with Gasteiger partial charge in [-0.2, -0.15) is 0 Å². The summed E-state index contributed by atoms with van der Waals surface area (Å²) < 4.78 is 5.48. The van der Waals surface area contributed by atoms with E-state index in [1.807, 2.05) is 0 Å². The highest BCUT2D eigenvalue weighted by molar-refractivity contribution is 6.00. The maximum atomic E-state index is 12.5. The third kappa shape index (κ3) is 5.42. The number of ether oxygens (including phenoxy) is 1. The molecular formula is C19H28O5. The number of carbonyl (C=O) groups is 2. The van der Waals surface area contributed by atoms with Gasteiger partial charge in [0.05, 0.1) is 17.6 Å². The summed E-state index contributed by atoms with van der Waals surface area (Å²) in [4.78, 5) is 24.5. The van der Waals surface area contributed by atoms with Crippen molar-refractivity contribution >= 4 is 11.8 Å². The molecule has 0 saturated heterocycles. The zero-order valence-electron chi connectivity index (χ0n) is 15.1. The molecule has 0 aromatic heterocycles. The molecule has 0 fully saturated rings. The summed E-state index contributed by atoms with van der Waals surface area (Å²) in [6.45, 7) is 11.5. The van der Waals surface area contributed by atoms with Gasteiger partial charge in [0.1, 0.15) is 12.0 Å². The molecule has 0 spiro atoms. The zero-order chi connectivity index (χ0) is 18.7. The van der Waals surface area contributed by atoms with Crippen LogP contribution in [0.25, 0.3) is 0 Å². The van der Waals surface area contributed by atoms with E-state index >= 15 is 0 Å². The molecule has 0 aromatic carbocycles. The summed E-state index contributed by atoms with van der Waals surface area (Å²) in [5.41, 5.74) is -1.10. The topological polar surface area (TPSA) is 83.8 Å². The number of hydrogen-bond donors (Lipinski definition) is 2. The van der Waals surface area contributed by atoms with Crippen LogP contribution in [0.2, 0.25) is 0 Å². The van der Waals surface area contributed by atoms with E-state index in [2.05, 4.69) is 6.58 Å². The second-order valence-corrected chi connectivity index (χ2v) is 7.35. The van der Waals surface area contributed by atoms with Crippen molar-refractivity contribution in [1.82, 2.24) is 0 Å². The van der Waals surface area contributed by atoms with E-state index in [-0.39, 0.29) is 12.2 Å². The Kier molecular flexibility index (Phi) is 6.31. The van der Waals surface area contributed by atoms with Crippen molar-refractivity contribution in [3.8, 4) is 0 Å². The van der Waals surface area contributed by atoms with Gasteiger partial charge >= 0.3 is 5.97 Å². The van der Waals surface area contributed by atoms with Gasteiger partial charge in [-0.3, -0.25) is 9.59 Å². The molecule has 2 N–H and O–H groups in total. The second kappa shape index (κ2) is 7.45. The van der Waals surface area contributed by atoms with Crippen LogP contribution in [0.3, 0.4) is 0 Å². The lowest BCUT2D eigenvalue weighted by Gasteiger charge is -2.27. The first kappa shape index (κ1) is 20.3. The fourth-order valence-electron chi connectivity index (χ4n) is 2.56. The SMILES string of the molecule is C=CCC1=C(C)[C@@H](OC(=O)[C@H](/C=C/C(C)(C)O)C(C)(C)O)CC1=O. The number of hydrogen-bond acceptors (Lipinski definition) is 5. The highest BCUT2D eigenvalue weighted by Gasteiger charge is 2.37. The van der Waals surface area contributed by atoms with E-state index < -0.39 is 29.2 Å². The van der Waals surface area contributed by atoms with Crippen molar-refractivity contribution in [3.63, 3.8) is 0 Å². The van der Waals surface area contributed by atoms with Crippen LogP contribution in [-0.4, -0.2) is 39.3 Å². The predicted octanol–water partition coefficient (Wildman–Crippen LogP) is 2.48. The van der Waals surface area contributed by atoms with Crippen LogP contribution in [0.5, 0.6) is 0 Å². The van der Waals surface area contributed by atoms with Crippen molar-refractivity contribution < 1.29 is 24.5 Å². The van der Waals surface area contributed by atoms with Gasteiger partial charge in [0.25, 0.3) is 0 Å². The minimum absolute atomic E-state index is 0.0444. The van der Waals surface area contributed by atoms with E-state index in [0.717, 1.165) is 5.57 Å². The number of esters is 1. The molecule has 0 radical (unpaired) electrons. The first-order valence-corrected chi connectivity index (χ1v) is 8.05. The molecule has 1 rings (SSSR count). The standard InChI is InChI=1S/C19H28O5/c1-7-8-13-12(2)16(11-15(13)20)24-17(21)14(19(5,6)23)9-10-18(3,4)22/h7,9-10,14,16,22-23H,1,8,11H2,2-6H3/b10-9+/t14-,16-/m0/s1. The van der Waals surface area contributed by atoms with E-state index in [1.165, 1.54) is 26.0 Å². The largest absolute Gasteiger partial charge is 0.457 e. The minimum Gasteiger partial charge on any atom is -0.457 e. The molecule has 0 aliphatic heterocycles. The van der Waals surface area contributed by atoms with Crippen LogP contribution in [0.1, 0.15) is 47.5 Å². The van der Waals surface area contributed by atoms with Crippen molar-refractivity contribution in [2.45, 2.75) is 64.8 Å². The third-order valence-corrected chi connectivity index (χ3v) is 3.98. The minimum atomic E-state index is -1.36. The van der Waals surface area contributed by atoms with Crippen LogP contribution in [0.15, 0.2) is 36.0 Å². The fourth-order valence-corrected chi connectivity index (χ4v) is 2.56. The number of carbonyl (C=O) groups excluding carboxylic acids is 2. The van der Waals surface area contributed by atoms with Gasteiger partial charge in [0.15, 0.2) is 5.78 Å². The van der Waals surface area contributed by atoms with E-state index in [1.54, 1.807) is 26.8 Å².